The second-order valence-electron chi connectivity index (χ2n) is 4.43. The smallest absolute Gasteiger partial charge is 0.135 e. The summed E-state index contributed by atoms with van der Waals surface area (Å²) in [6.45, 7) is 1.96. The first-order valence-electron chi connectivity index (χ1n) is 6.06. The number of benzene rings is 1. The molecule has 4 heteroatoms. The molecule has 1 aromatic heterocycles. The number of pyridine rings is 1. The molecule has 0 saturated carbocycles. The van der Waals surface area contributed by atoms with Gasteiger partial charge in [-0.15, -0.1) is 0 Å². The summed E-state index contributed by atoms with van der Waals surface area (Å²) in [5.74, 6) is 0. The molecule has 1 unspecified atom stereocenters. The molecule has 2 aromatic rings. The van der Waals surface area contributed by atoms with E-state index in [9.17, 15) is 0 Å². The first-order chi connectivity index (χ1) is 8.83. The van der Waals surface area contributed by atoms with Crippen LogP contribution in [0.1, 0.15) is 12.0 Å². The Balaban J connectivity index is 1.80. The third kappa shape index (κ3) is 2.48. The predicted octanol–water partition coefficient (Wildman–Crippen LogP) is 3.19. The van der Waals surface area contributed by atoms with Gasteiger partial charge in [-0.05, 0) is 18.6 Å². The lowest BCUT2D eigenvalue weighted by Crippen LogP contribution is -2.12. The van der Waals surface area contributed by atoms with Gasteiger partial charge in [0.15, 0.2) is 0 Å². The van der Waals surface area contributed by atoms with Crippen LogP contribution < -0.4 is 0 Å². The van der Waals surface area contributed by atoms with E-state index in [1.165, 1.54) is 0 Å². The summed E-state index contributed by atoms with van der Waals surface area (Å²) in [4.78, 5) is 4.38. The fraction of sp³-hybridized carbons (Fsp3) is 0.357. The zero-order valence-electron chi connectivity index (χ0n) is 9.93. The summed E-state index contributed by atoms with van der Waals surface area (Å²) in [5.41, 5.74) is 1.85. The van der Waals surface area contributed by atoms with Crippen LogP contribution in [0.25, 0.3) is 10.9 Å². The average molecular weight is 264 g/mol. The summed E-state index contributed by atoms with van der Waals surface area (Å²) in [5, 5.41) is 1.61. The van der Waals surface area contributed by atoms with Crippen molar-refractivity contribution in [3.05, 3.63) is 41.0 Å². The molecule has 3 nitrogen and oxygen atoms in total. The molecule has 1 atom stereocenters. The van der Waals surface area contributed by atoms with E-state index in [0.717, 1.165) is 29.5 Å². The van der Waals surface area contributed by atoms with Crippen LogP contribution in [-0.4, -0.2) is 24.3 Å². The molecule has 94 valence electrons. The zero-order chi connectivity index (χ0) is 12.4. The molecule has 0 spiro atoms. The average Bonchev–Trinajstić information content (AvgIpc) is 2.89. The highest BCUT2D eigenvalue weighted by Crippen LogP contribution is 2.22. The number of halogens is 1. The SMILES string of the molecule is Clc1nc2ccccc2cc1COC1CCOC1. The van der Waals surface area contributed by atoms with E-state index < -0.39 is 0 Å². The summed E-state index contributed by atoms with van der Waals surface area (Å²) in [6.07, 6.45) is 1.14. The standard InChI is InChI=1S/C14H14ClNO2/c15-14-11(8-18-12-5-6-17-9-12)7-10-3-1-2-4-13(10)16-14/h1-4,7,12H,5-6,8-9H2. The van der Waals surface area contributed by atoms with Gasteiger partial charge in [-0.25, -0.2) is 4.98 Å². The highest BCUT2D eigenvalue weighted by atomic mass is 35.5. The molecule has 2 heterocycles. The van der Waals surface area contributed by atoms with Crippen LogP contribution in [0.2, 0.25) is 5.15 Å². The van der Waals surface area contributed by atoms with E-state index in [2.05, 4.69) is 4.98 Å². The maximum absolute atomic E-state index is 6.17. The van der Waals surface area contributed by atoms with Crippen LogP contribution in [0, 0.1) is 0 Å². The number of aromatic nitrogens is 1. The Morgan fingerprint density at radius 2 is 2.28 bits per heavy atom. The molecule has 1 aliphatic rings. The zero-order valence-corrected chi connectivity index (χ0v) is 10.7. The molecule has 1 fully saturated rings. The number of nitrogens with zero attached hydrogens (tertiary/aromatic N) is 1. The molecule has 3 rings (SSSR count). The van der Waals surface area contributed by atoms with E-state index in [4.69, 9.17) is 21.1 Å². The van der Waals surface area contributed by atoms with Crippen LogP contribution in [-0.2, 0) is 16.1 Å². The van der Waals surface area contributed by atoms with Gasteiger partial charge in [0.05, 0.1) is 24.8 Å². The van der Waals surface area contributed by atoms with Gasteiger partial charge >= 0.3 is 0 Å². The van der Waals surface area contributed by atoms with Gasteiger partial charge in [-0.2, -0.15) is 0 Å². The van der Waals surface area contributed by atoms with Crippen LogP contribution in [0.15, 0.2) is 30.3 Å². The van der Waals surface area contributed by atoms with Crippen molar-refractivity contribution in [2.24, 2.45) is 0 Å². The number of fused-ring (bicyclic) bond motifs is 1. The van der Waals surface area contributed by atoms with Crippen molar-refractivity contribution >= 4 is 22.5 Å². The molecule has 0 bridgehead atoms. The summed E-state index contributed by atoms with van der Waals surface area (Å²) in [6, 6.07) is 9.98. The van der Waals surface area contributed by atoms with Crippen LogP contribution in [0.4, 0.5) is 0 Å². The summed E-state index contributed by atoms with van der Waals surface area (Å²) < 4.78 is 11.0. The first kappa shape index (κ1) is 11.9. The Labute approximate surface area is 111 Å². The van der Waals surface area contributed by atoms with Gasteiger partial charge in [0.2, 0.25) is 0 Å². The second-order valence-corrected chi connectivity index (χ2v) is 4.79. The van der Waals surface area contributed by atoms with Crippen molar-refractivity contribution in [3.8, 4) is 0 Å². The highest BCUT2D eigenvalue weighted by molar-refractivity contribution is 6.30. The third-order valence-corrected chi connectivity index (χ3v) is 3.44. The molecule has 18 heavy (non-hydrogen) atoms. The molecule has 0 amide bonds. The molecule has 0 aliphatic carbocycles. The topological polar surface area (TPSA) is 31.4 Å². The molecule has 0 radical (unpaired) electrons. The Morgan fingerprint density at radius 3 is 3.11 bits per heavy atom. The Hall–Kier alpha value is -1.16. The van der Waals surface area contributed by atoms with E-state index in [-0.39, 0.29) is 6.10 Å². The van der Waals surface area contributed by atoms with Crippen LogP contribution in [0.5, 0.6) is 0 Å². The van der Waals surface area contributed by atoms with Gasteiger partial charge in [0, 0.05) is 17.6 Å². The Kier molecular flexibility index (Phi) is 3.46. The van der Waals surface area contributed by atoms with Gasteiger partial charge in [0.25, 0.3) is 0 Å². The number of rotatable bonds is 3. The lowest BCUT2D eigenvalue weighted by atomic mass is 10.2. The van der Waals surface area contributed by atoms with Crippen molar-refractivity contribution in [3.63, 3.8) is 0 Å². The molecule has 1 aromatic carbocycles. The highest BCUT2D eigenvalue weighted by Gasteiger charge is 2.16. The fourth-order valence-corrected chi connectivity index (χ4v) is 2.29. The molecule has 1 aliphatic heterocycles. The number of hydrogen-bond donors (Lipinski definition) is 0. The molecular weight excluding hydrogens is 250 g/mol. The Bertz CT molecular complexity index is 552. The number of para-hydroxylation sites is 1. The van der Waals surface area contributed by atoms with Crippen molar-refractivity contribution in [1.82, 2.24) is 4.98 Å². The quantitative estimate of drug-likeness (QED) is 0.797. The van der Waals surface area contributed by atoms with Crippen LogP contribution in [0.3, 0.4) is 0 Å². The number of hydrogen-bond acceptors (Lipinski definition) is 3. The molecule has 1 saturated heterocycles. The van der Waals surface area contributed by atoms with Gasteiger partial charge in [0.1, 0.15) is 5.15 Å². The minimum absolute atomic E-state index is 0.188. The molecule has 0 N–H and O–H groups in total. The summed E-state index contributed by atoms with van der Waals surface area (Å²) in [7, 11) is 0. The van der Waals surface area contributed by atoms with E-state index >= 15 is 0 Å². The maximum Gasteiger partial charge on any atom is 0.135 e. The van der Waals surface area contributed by atoms with Gasteiger partial charge in [-0.1, -0.05) is 29.8 Å². The second kappa shape index (κ2) is 5.22. The minimum atomic E-state index is 0.188. The maximum atomic E-state index is 6.17. The van der Waals surface area contributed by atoms with E-state index in [0.29, 0.717) is 18.4 Å². The predicted molar refractivity (Wildman–Crippen MR) is 70.8 cm³/mol. The largest absolute Gasteiger partial charge is 0.379 e. The monoisotopic (exact) mass is 263 g/mol. The lowest BCUT2D eigenvalue weighted by Gasteiger charge is -2.11. The van der Waals surface area contributed by atoms with Gasteiger partial charge < -0.3 is 9.47 Å². The Morgan fingerprint density at radius 1 is 1.39 bits per heavy atom. The lowest BCUT2D eigenvalue weighted by molar-refractivity contribution is 0.0317. The van der Waals surface area contributed by atoms with E-state index in [1.807, 2.05) is 30.3 Å². The van der Waals surface area contributed by atoms with Crippen molar-refractivity contribution < 1.29 is 9.47 Å². The summed E-state index contributed by atoms with van der Waals surface area (Å²) >= 11 is 6.17. The van der Waals surface area contributed by atoms with Crippen LogP contribution >= 0.6 is 11.6 Å². The first-order valence-corrected chi connectivity index (χ1v) is 6.44. The normalized spacial score (nSPS) is 19.5. The number of ether oxygens (including phenoxy) is 2. The minimum Gasteiger partial charge on any atom is -0.379 e. The molecular formula is C14H14ClNO2. The van der Waals surface area contributed by atoms with E-state index in [1.54, 1.807) is 0 Å². The van der Waals surface area contributed by atoms with Crippen molar-refractivity contribution in [2.75, 3.05) is 13.2 Å². The van der Waals surface area contributed by atoms with Crippen molar-refractivity contribution in [2.45, 2.75) is 19.1 Å². The fourth-order valence-electron chi connectivity index (χ4n) is 2.09. The van der Waals surface area contributed by atoms with Crippen molar-refractivity contribution in [1.29, 1.82) is 0 Å². The van der Waals surface area contributed by atoms with Gasteiger partial charge in [-0.3, -0.25) is 0 Å². The third-order valence-electron chi connectivity index (χ3n) is 3.11.